The van der Waals surface area contributed by atoms with E-state index in [2.05, 4.69) is 4.98 Å². The summed E-state index contributed by atoms with van der Waals surface area (Å²) in [5, 5.41) is 23.2. The molecule has 0 spiro atoms. The van der Waals surface area contributed by atoms with Crippen molar-refractivity contribution in [1.82, 2.24) is 4.98 Å². The van der Waals surface area contributed by atoms with Crippen molar-refractivity contribution in [2.45, 2.75) is 6.18 Å². The number of hydrogen-bond acceptors (Lipinski definition) is 7. The lowest BCUT2D eigenvalue weighted by molar-refractivity contribution is -0.384. The predicted molar refractivity (Wildman–Crippen MR) is 76.4 cm³/mol. The Bertz CT molecular complexity index is 884. The fourth-order valence-electron chi connectivity index (χ4n) is 1.75. The number of rotatable bonds is 5. The van der Waals surface area contributed by atoms with Crippen molar-refractivity contribution < 1.29 is 37.5 Å². The van der Waals surface area contributed by atoms with E-state index >= 15 is 0 Å². The third kappa shape index (κ3) is 4.43. The summed E-state index contributed by atoms with van der Waals surface area (Å²) < 4.78 is 42.0. The van der Waals surface area contributed by atoms with E-state index in [-0.39, 0.29) is 17.1 Å². The Hall–Kier alpha value is -3.70. The van der Waals surface area contributed by atoms with Crippen LogP contribution in [0.1, 0.15) is 10.4 Å². The minimum absolute atomic E-state index is 0.104. The Morgan fingerprint density at radius 3 is 2.42 bits per heavy atom. The average molecular weight is 370 g/mol. The number of nitro groups is 1. The molecular formula is C14H7F3N3O6-. The van der Waals surface area contributed by atoms with E-state index < -0.39 is 34.4 Å². The van der Waals surface area contributed by atoms with Crippen molar-refractivity contribution in [3.05, 3.63) is 52.3 Å². The van der Waals surface area contributed by atoms with Gasteiger partial charge < -0.3 is 20.0 Å². The number of carboxylic acids is 1. The van der Waals surface area contributed by atoms with Gasteiger partial charge in [-0.3, -0.25) is 19.9 Å². The van der Waals surface area contributed by atoms with Crippen LogP contribution in [-0.2, 0) is 4.79 Å². The SMILES string of the molecule is O=C([O-])c1cncc(Oc2ccc(NC(=O)C(F)(F)F)c([N+](=O)[O-])c2)c1. The number of nitrogens with one attached hydrogen (secondary N) is 1. The van der Waals surface area contributed by atoms with Crippen LogP contribution in [0.4, 0.5) is 24.5 Å². The number of aromatic nitrogens is 1. The minimum Gasteiger partial charge on any atom is -0.545 e. The smallest absolute Gasteiger partial charge is 0.471 e. The number of pyridine rings is 1. The highest BCUT2D eigenvalue weighted by molar-refractivity contribution is 5.96. The van der Waals surface area contributed by atoms with Crippen molar-refractivity contribution in [1.29, 1.82) is 0 Å². The van der Waals surface area contributed by atoms with Gasteiger partial charge in [0, 0.05) is 11.8 Å². The van der Waals surface area contributed by atoms with Crippen molar-refractivity contribution in [3.8, 4) is 11.5 Å². The van der Waals surface area contributed by atoms with Crippen molar-refractivity contribution in [2.24, 2.45) is 0 Å². The lowest BCUT2D eigenvalue weighted by Gasteiger charge is -2.11. The zero-order chi connectivity index (χ0) is 19.5. The summed E-state index contributed by atoms with van der Waals surface area (Å²) in [4.78, 5) is 35.3. The number of anilines is 1. The molecule has 0 aliphatic rings. The number of aromatic carboxylic acids is 1. The molecule has 1 heterocycles. The molecule has 0 fully saturated rings. The van der Waals surface area contributed by atoms with Gasteiger partial charge in [-0.2, -0.15) is 13.2 Å². The molecule has 1 aromatic heterocycles. The number of amides is 1. The molecule has 1 N–H and O–H groups in total. The first-order chi connectivity index (χ1) is 12.1. The van der Waals surface area contributed by atoms with Crippen LogP contribution in [0.2, 0.25) is 0 Å². The standard InChI is InChI=1S/C14H8F3N3O6/c15-14(16,17)13(23)19-10-2-1-8(4-11(10)20(24)25)26-9-3-7(12(21)22)5-18-6-9/h1-6H,(H,19,23)(H,21,22)/p-1. The number of carbonyl (C=O) groups excluding carboxylic acids is 2. The molecule has 0 bridgehead atoms. The highest BCUT2D eigenvalue weighted by atomic mass is 19.4. The number of carbonyl (C=O) groups is 2. The second-order valence-corrected chi connectivity index (χ2v) is 4.69. The highest BCUT2D eigenvalue weighted by Gasteiger charge is 2.39. The summed E-state index contributed by atoms with van der Waals surface area (Å²) in [6.07, 6.45) is -3.13. The van der Waals surface area contributed by atoms with Crippen LogP contribution in [0.3, 0.4) is 0 Å². The van der Waals surface area contributed by atoms with Gasteiger partial charge in [-0.05, 0) is 18.2 Å². The van der Waals surface area contributed by atoms with Gasteiger partial charge >= 0.3 is 12.1 Å². The Morgan fingerprint density at radius 2 is 1.85 bits per heavy atom. The van der Waals surface area contributed by atoms with Crippen LogP contribution in [0.15, 0.2) is 36.7 Å². The third-order valence-electron chi connectivity index (χ3n) is 2.86. The molecule has 1 amide bonds. The van der Waals surface area contributed by atoms with Crippen molar-refractivity contribution in [3.63, 3.8) is 0 Å². The highest BCUT2D eigenvalue weighted by Crippen LogP contribution is 2.32. The van der Waals surface area contributed by atoms with Crippen LogP contribution in [-0.4, -0.2) is 28.0 Å². The second-order valence-electron chi connectivity index (χ2n) is 4.69. The molecular weight excluding hydrogens is 363 g/mol. The molecule has 0 unspecified atom stereocenters. The molecule has 136 valence electrons. The fourth-order valence-corrected chi connectivity index (χ4v) is 1.75. The maximum absolute atomic E-state index is 12.3. The maximum atomic E-state index is 12.3. The molecule has 2 rings (SSSR count). The van der Waals surface area contributed by atoms with Gasteiger partial charge in [-0.1, -0.05) is 0 Å². The number of nitrogens with zero attached hydrogens (tertiary/aromatic N) is 2. The molecule has 26 heavy (non-hydrogen) atoms. The second kappa shape index (κ2) is 7.04. The van der Waals surface area contributed by atoms with Gasteiger partial charge in [0.15, 0.2) is 0 Å². The number of ether oxygens (including phenoxy) is 1. The largest absolute Gasteiger partial charge is 0.545 e. The summed E-state index contributed by atoms with van der Waals surface area (Å²) in [6, 6.07) is 3.68. The monoisotopic (exact) mass is 370 g/mol. The Labute approximate surface area is 142 Å². The molecule has 0 aliphatic heterocycles. The lowest BCUT2D eigenvalue weighted by Crippen LogP contribution is -2.30. The number of carboxylic acid groups (broad SMARTS) is 1. The fraction of sp³-hybridized carbons (Fsp3) is 0.0714. The molecule has 0 saturated heterocycles. The summed E-state index contributed by atoms with van der Waals surface area (Å²) in [5.74, 6) is -4.20. The minimum atomic E-state index is -5.22. The van der Waals surface area contributed by atoms with Crippen LogP contribution in [0.25, 0.3) is 0 Å². The Kier molecular flexibility index (Phi) is 5.05. The molecule has 0 atom stereocenters. The quantitative estimate of drug-likeness (QED) is 0.624. The Balaban J connectivity index is 2.31. The first-order valence-electron chi connectivity index (χ1n) is 6.59. The van der Waals surface area contributed by atoms with Crippen LogP contribution >= 0.6 is 0 Å². The number of hydrogen-bond donors (Lipinski definition) is 1. The number of halogens is 3. The van der Waals surface area contributed by atoms with Gasteiger partial charge in [0.25, 0.3) is 5.69 Å². The topological polar surface area (TPSA) is 134 Å². The van der Waals surface area contributed by atoms with Crippen LogP contribution in [0.5, 0.6) is 11.5 Å². The zero-order valence-electron chi connectivity index (χ0n) is 12.4. The summed E-state index contributed by atoms with van der Waals surface area (Å²) in [5.41, 5.74) is -1.86. The molecule has 1 aromatic carbocycles. The van der Waals surface area contributed by atoms with Crippen molar-refractivity contribution in [2.75, 3.05) is 5.32 Å². The number of alkyl halides is 3. The van der Waals surface area contributed by atoms with E-state index in [1.54, 1.807) is 0 Å². The van der Waals surface area contributed by atoms with Gasteiger partial charge in [0.1, 0.15) is 17.2 Å². The van der Waals surface area contributed by atoms with E-state index in [1.165, 1.54) is 5.32 Å². The number of benzene rings is 1. The Morgan fingerprint density at radius 1 is 1.15 bits per heavy atom. The molecule has 12 heteroatoms. The average Bonchev–Trinajstić information content (AvgIpc) is 2.55. The van der Waals surface area contributed by atoms with Crippen molar-refractivity contribution >= 4 is 23.3 Å². The molecule has 2 aromatic rings. The van der Waals surface area contributed by atoms with E-state index in [4.69, 9.17) is 4.74 Å². The normalized spacial score (nSPS) is 10.9. The summed E-state index contributed by atoms with van der Waals surface area (Å²) in [7, 11) is 0. The molecule has 0 aliphatic carbocycles. The molecule has 9 nitrogen and oxygen atoms in total. The summed E-state index contributed by atoms with van der Waals surface area (Å²) >= 11 is 0. The van der Waals surface area contributed by atoms with Gasteiger partial charge in [0.2, 0.25) is 0 Å². The molecule has 0 radical (unpaired) electrons. The summed E-state index contributed by atoms with van der Waals surface area (Å²) in [6.45, 7) is 0. The van der Waals surface area contributed by atoms with Gasteiger partial charge in [0.05, 0.1) is 23.2 Å². The first-order valence-corrected chi connectivity index (χ1v) is 6.59. The zero-order valence-corrected chi connectivity index (χ0v) is 12.4. The first kappa shape index (κ1) is 18.6. The predicted octanol–water partition coefficient (Wildman–Crippen LogP) is 1.65. The van der Waals surface area contributed by atoms with Gasteiger partial charge in [-0.15, -0.1) is 0 Å². The molecule has 0 saturated carbocycles. The number of nitro benzene ring substituents is 1. The van der Waals surface area contributed by atoms with Crippen LogP contribution in [0, 0.1) is 10.1 Å². The maximum Gasteiger partial charge on any atom is 0.471 e. The van der Waals surface area contributed by atoms with Crippen LogP contribution < -0.4 is 15.2 Å². The van der Waals surface area contributed by atoms with E-state index in [1.807, 2.05) is 0 Å². The van der Waals surface area contributed by atoms with E-state index in [0.717, 1.165) is 36.7 Å². The lowest BCUT2D eigenvalue weighted by atomic mass is 10.2. The van der Waals surface area contributed by atoms with Gasteiger partial charge in [-0.25, -0.2) is 0 Å². The third-order valence-corrected chi connectivity index (χ3v) is 2.86. The van der Waals surface area contributed by atoms with E-state index in [9.17, 15) is 38.0 Å². The van der Waals surface area contributed by atoms with E-state index in [0.29, 0.717) is 0 Å².